The van der Waals surface area contributed by atoms with E-state index < -0.39 is 37.3 Å². The molecule has 4 N–H and O–H groups in total. The lowest BCUT2D eigenvalue weighted by atomic mass is 9.99. The maximum absolute atomic E-state index is 9.78. The molecule has 0 radical (unpaired) electrons. The molecular weight excluding hydrogens is 276 g/mol. The van der Waals surface area contributed by atoms with Gasteiger partial charge in [0.15, 0.2) is 0 Å². The van der Waals surface area contributed by atoms with Crippen LogP contribution >= 0.6 is 11.6 Å². The molecule has 1 aliphatic heterocycles. The standard InChI is InChI=1S/C12H15ClO6/c13-6-2-1-3-7(4-6)18-12-11(17)10(16)9(15)8(5-14)19-12/h1-4,8-12,14-17H,5H2/t8-,9+,10-,11+,12-/m1/s1. The van der Waals surface area contributed by atoms with Crippen molar-refractivity contribution in [3.8, 4) is 5.75 Å². The molecule has 5 atom stereocenters. The van der Waals surface area contributed by atoms with Crippen molar-refractivity contribution in [2.24, 2.45) is 0 Å². The molecule has 1 saturated heterocycles. The molecule has 0 unspecified atom stereocenters. The van der Waals surface area contributed by atoms with Gasteiger partial charge in [-0.05, 0) is 18.2 Å². The lowest BCUT2D eigenvalue weighted by Gasteiger charge is -2.39. The molecule has 0 aliphatic carbocycles. The second-order valence-electron chi connectivity index (χ2n) is 4.27. The summed E-state index contributed by atoms with van der Waals surface area (Å²) in [5, 5.41) is 38.5. The molecule has 19 heavy (non-hydrogen) atoms. The van der Waals surface area contributed by atoms with E-state index in [1.807, 2.05) is 0 Å². The minimum atomic E-state index is -1.46. The minimum absolute atomic E-state index is 0.344. The van der Waals surface area contributed by atoms with Gasteiger partial charge in [0.1, 0.15) is 30.2 Å². The van der Waals surface area contributed by atoms with Gasteiger partial charge in [0, 0.05) is 5.02 Å². The normalized spacial score (nSPS) is 35.1. The highest BCUT2D eigenvalue weighted by molar-refractivity contribution is 6.30. The number of aliphatic hydroxyl groups excluding tert-OH is 4. The van der Waals surface area contributed by atoms with Crippen LogP contribution in [0.5, 0.6) is 5.75 Å². The zero-order valence-electron chi connectivity index (χ0n) is 9.89. The summed E-state index contributed by atoms with van der Waals surface area (Å²) in [7, 11) is 0. The van der Waals surface area contributed by atoms with Gasteiger partial charge in [-0.25, -0.2) is 0 Å². The predicted molar refractivity (Wildman–Crippen MR) is 65.8 cm³/mol. The molecule has 0 spiro atoms. The first-order valence-corrected chi connectivity index (χ1v) is 6.13. The average molecular weight is 291 g/mol. The first-order chi connectivity index (χ1) is 9.02. The second-order valence-corrected chi connectivity index (χ2v) is 4.71. The van der Waals surface area contributed by atoms with Gasteiger partial charge in [-0.15, -0.1) is 0 Å². The van der Waals surface area contributed by atoms with Gasteiger partial charge < -0.3 is 29.9 Å². The number of benzene rings is 1. The van der Waals surface area contributed by atoms with Crippen LogP contribution in [0.15, 0.2) is 24.3 Å². The van der Waals surface area contributed by atoms with E-state index in [0.29, 0.717) is 10.8 Å². The fourth-order valence-corrected chi connectivity index (χ4v) is 2.02. The van der Waals surface area contributed by atoms with Gasteiger partial charge in [0.25, 0.3) is 0 Å². The Bertz CT molecular complexity index is 426. The Morgan fingerprint density at radius 1 is 1.16 bits per heavy atom. The van der Waals surface area contributed by atoms with E-state index in [1.54, 1.807) is 18.2 Å². The van der Waals surface area contributed by atoms with Crippen molar-refractivity contribution in [2.75, 3.05) is 6.61 Å². The number of halogens is 1. The van der Waals surface area contributed by atoms with Gasteiger partial charge in [-0.1, -0.05) is 17.7 Å². The van der Waals surface area contributed by atoms with Gasteiger partial charge in [-0.2, -0.15) is 0 Å². The lowest BCUT2D eigenvalue weighted by molar-refractivity contribution is -0.277. The summed E-state index contributed by atoms with van der Waals surface area (Å²) >= 11 is 5.79. The Morgan fingerprint density at radius 2 is 1.89 bits per heavy atom. The first kappa shape index (κ1) is 14.5. The number of ether oxygens (including phenoxy) is 2. The van der Waals surface area contributed by atoms with E-state index in [4.69, 9.17) is 26.2 Å². The van der Waals surface area contributed by atoms with E-state index in [9.17, 15) is 15.3 Å². The maximum atomic E-state index is 9.78. The van der Waals surface area contributed by atoms with Crippen LogP contribution in [0.4, 0.5) is 0 Å². The summed E-state index contributed by atoms with van der Waals surface area (Å²) in [4.78, 5) is 0. The Balaban J connectivity index is 2.10. The summed E-state index contributed by atoms with van der Waals surface area (Å²) < 4.78 is 10.6. The summed E-state index contributed by atoms with van der Waals surface area (Å²) in [6.45, 7) is -0.500. The average Bonchev–Trinajstić information content (AvgIpc) is 2.39. The van der Waals surface area contributed by atoms with E-state index in [2.05, 4.69) is 0 Å². The molecule has 1 aliphatic rings. The Hall–Kier alpha value is -0.890. The van der Waals surface area contributed by atoms with Crippen LogP contribution in [0.25, 0.3) is 0 Å². The van der Waals surface area contributed by atoms with Crippen LogP contribution in [0.1, 0.15) is 0 Å². The van der Waals surface area contributed by atoms with Crippen LogP contribution in [0.3, 0.4) is 0 Å². The lowest BCUT2D eigenvalue weighted by Crippen LogP contribution is -2.60. The molecule has 1 aromatic rings. The van der Waals surface area contributed by atoms with E-state index >= 15 is 0 Å². The van der Waals surface area contributed by atoms with Crippen LogP contribution in [-0.2, 0) is 4.74 Å². The van der Waals surface area contributed by atoms with E-state index in [-0.39, 0.29) is 0 Å². The minimum Gasteiger partial charge on any atom is -0.462 e. The first-order valence-electron chi connectivity index (χ1n) is 5.75. The maximum Gasteiger partial charge on any atom is 0.229 e. The number of hydrogen-bond donors (Lipinski definition) is 4. The molecule has 0 bridgehead atoms. The van der Waals surface area contributed by atoms with Crippen LogP contribution in [0, 0.1) is 0 Å². The molecular formula is C12H15ClO6. The van der Waals surface area contributed by atoms with Gasteiger partial charge in [0.05, 0.1) is 6.61 Å². The summed E-state index contributed by atoms with van der Waals surface area (Å²) in [6, 6.07) is 6.43. The largest absolute Gasteiger partial charge is 0.462 e. The smallest absolute Gasteiger partial charge is 0.229 e. The van der Waals surface area contributed by atoms with E-state index in [1.165, 1.54) is 6.07 Å². The van der Waals surface area contributed by atoms with Crippen molar-refractivity contribution in [1.82, 2.24) is 0 Å². The monoisotopic (exact) mass is 290 g/mol. The summed E-state index contributed by atoms with van der Waals surface area (Å²) in [5.41, 5.74) is 0. The predicted octanol–water partition coefficient (Wildman–Crippen LogP) is -0.481. The third kappa shape index (κ3) is 3.17. The summed E-state index contributed by atoms with van der Waals surface area (Å²) in [6.07, 6.45) is -6.50. The highest BCUT2D eigenvalue weighted by atomic mass is 35.5. The van der Waals surface area contributed by atoms with Crippen molar-refractivity contribution in [3.05, 3.63) is 29.3 Å². The van der Waals surface area contributed by atoms with E-state index in [0.717, 1.165) is 0 Å². The van der Waals surface area contributed by atoms with Crippen molar-refractivity contribution in [1.29, 1.82) is 0 Å². The number of rotatable bonds is 3. The highest BCUT2D eigenvalue weighted by Gasteiger charge is 2.44. The molecule has 0 amide bonds. The molecule has 1 aromatic carbocycles. The second kappa shape index (κ2) is 6.04. The van der Waals surface area contributed by atoms with Crippen LogP contribution < -0.4 is 4.74 Å². The van der Waals surface area contributed by atoms with Crippen molar-refractivity contribution < 1.29 is 29.9 Å². The molecule has 2 rings (SSSR count). The zero-order valence-corrected chi connectivity index (χ0v) is 10.6. The van der Waals surface area contributed by atoms with Gasteiger partial charge in [-0.3, -0.25) is 0 Å². The quantitative estimate of drug-likeness (QED) is 0.600. The fourth-order valence-electron chi connectivity index (χ4n) is 1.84. The Kier molecular flexibility index (Phi) is 4.62. The topological polar surface area (TPSA) is 99.4 Å². The molecule has 106 valence electrons. The van der Waals surface area contributed by atoms with Crippen molar-refractivity contribution in [3.63, 3.8) is 0 Å². The number of aliphatic hydroxyl groups is 4. The molecule has 0 aromatic heterocycles. The highest BCUT2D eigenvalue weighted by Crippen LogP contribution is 2.25. The van der Waals surface area contributed by atoms with Crippen molar-refractivity contribution >= 4 is 11.6 Å². The molecule has 1 heterocycles. The molecule has 1 fully saturated rings. The third-order valence-electron chi connectivity index (χ3n) is 2.90. The number of hydrogen-bond acceptors (Lipinski definition) is 6. The fraction of sp³-hybridized carbons (Fsp3) is 0.500. The summed E-state index contributed by atoms with van der Waals surface area (Å²) in [5.74, 6) is 0.344. The Morgan fingerprint density at radius 3 is 2.53 bits per heavy atom. The SMILES string of the molecule is OC[C@H]1O[C@@H](Oc2cccc(Cl)c2)[C@@H](O)[C@H](O)[C@H]1O. The van der Waals surface area contributed by atoms with Gasteiger partial charge >= 0.3 is 0 Å². The molecule has 6 nitrogen and oxygen atoms in total. The Labute approximate surface area is 114 Å². The van der Waals surface area contributed by atoms with Gasteiger partial charge in [0.2, 0.25) is 6.29 Å². The molecule has 7 heteroatoms. The van der Waals surface area contributed by atoms with Crippen LogP contribution in [-0.4, -0.2) is 57.7 Å². The van der Waals surface area contributed by atoms with Crippen molar-refractivity contribution in [2.45, 2.75) is 30.7 Å². The third-order valence-corrected chi connectivity index (χ3v) is 3.13. The zero-order chi connectivity index (χ0) is 14.0. The molecule has 0 saturated carbocycles. The van der Waals surface area contributed by atoms with Crippen LogP contribution in [0.2, 0.25) is 5.02 Å².